The molecule has 0 heterocycles. The first kappa shape index (κ1) is 30.0. The van der Waals surface area contributed by atoms with Gasteiger partial charge in [0.2, 0.25) is 0 Å². The molecule has 13 heteroatoms. The van der Waals surface area contributed by atoms with Gasteiger partial charge in [0.25, 0.3) is 0 Å². The van der Waals surface area contributed by atoms with Crippen LogP contribution in [0.4, 0.5) is 0 Å². The standard InChI is InChI=1S/Ca.H3O4P.O4Si.Sr.Zn/c;2*1-5(2,3)4;;/h;(H3,1,2,3,4);;;/q+2;;-4;2*+2/p-2. The topological polar surface area (TPSA) is 176 Å². The Kier molecular flexibility index (Phi) is 31.4. The van der Waals surface area contributed by atoms with Gasteiger partial charge in [-0.05, 0) is 0 Å². The van der Waals surface area contributed by atoms with Gasteiger partial charge in [0.1, 0.15) is 0 Å². The van der Waals surface area contributed by atoms with Crippen LogP contribution in [0.3, 0.4) is 0 Å². The molecule has 0 aromatic rings. The Labute approximate surface area is 155 Å². The molecule has 0 radical (unpaired) electrons. The van der Waals surface area contributed by atoms with E-state index in [9.17, 15) is 0 Å². The summed E-state index contributed by atoms with van der Waals surface area (Å²) >= 11 is 0. The first-order valence-electron chi connectivity index (χ1n) is 1.56. The van der Waals surface area contributed by atoms with Gasteiger partial charge >= 0.3 is 103 Å². The number of hydrogen-bond donors (Lipinski definition) is 1. The third kappa shape index (κ3) is 228. The molecule has 0 saturated heterocycles. The van der Waals surface area contributed by atoms with Crippen LogP contribution in [0.5, 0.6) is 0 Å². The molecule has 8 nitrogen and oxygen atoms in total. The largest absolute Gasteiger partial charge is 2.00 e. The molecule has 0 unspecified atom stereocenters. The average Bonchev–Trinajstić information content (AvgIpc) is 1.12. The van der Waals surface area contributed by atoms with Gasteiger partial charge in [-0.25, -0.2) is 0 Å². The third-order valence-corrected chi connectivity index (χ3v) is 0. The first-order chi connectivity index (χ1) is 4.00. The fraction of sp³-hybridized carbons (Fsp3) is 0. The maximum absolute atomic E-state index is 8.66. The fourth-order valence-corrected chi connectivity index (χ4v) is 0. The Morgan fingerprint density at radius 1 is 1.08 bits per heavy atom. The van der Waals surface area contributed by atoms with E-state index in [0.29, 0.717) is 0 Å². The second kappa shape index (κ2) is 13.6. The summed E-state index contributed by atoms with van der Waals surface area (Å²) in [5, 5.41) is 0. The molecule has 0 amide bonds. The first-order valence-corrected chi connectivity index (χ1v) is 4.69. The predicted octanol–water partition coefficient (Wildman–Crippen LogP) is -8.09. The van der Waals surface area contributed by atoms with Crippen LogP contribution < -0.4 is 29.0 Å². The van der Waals surface area contributed by atoms with E-state index in [0.717, 1.165) is 0 Å². The molecule has 0 aliphatic heterocycles. The van der Waals surface area contributed by atoms with Gasteiger partial charge in [0.15, 0.2) is 0 Å². The molecule has 0 fully saturated rings. The van der Waals surface area contributed by atoms with E-state index in [1.165, 1.54) is 0 Å². The minimum atomic E-state index is -5.61. The van der Waals surface area contributed by atoms with Crippen LogP contribution in [0, 0.1) is 0 Å². The number of rotatable bonds is 0. The van der Waals surface area contributed by atoms with Crippen molar-refractivity contribution in [3.05, 3.63) is 0 Å². The molecule has 1 N–H and O–H groups in total. The molecule has 0 rings (SSSR count). The summed E-state index contributed by atoms with van der Waals surface area (Å²) in [6, 6.07) is 0. The molecular formula is HCaO8PSiSrZn. The minimum Gasteiger partial charge on any atom is -0.894 e. The SMILES string of the molecule is O=P([O-])([O-])O.[Ca+2].[O-][Si]([O-])([O-])[O-].[Sr+2].[Zn+2]. The van der Waals surface area contributed by atoms with Crippen molar-refractivity contribution in [2.24, 2.45) is 0 Å². The van der Waals surface area contributed by atoms with Crippen LogP contribution in [-0.2, 0) is 24.0 Å². The Morgan fingerprint density at radius 3 is 1.08 bits per heavy atom. The van der Waals surface area contributed by atoms with Crippen LogP contribution in [0.25, 0.3) is 0 Å². The van der Waals surface area contributed by atoms with Crippen molar-refractivity contribution in [2.45, 2.75) is 0 Å². The van der Waals surface area contributed by atoms with Gasteiger partial charge in [-0.2, -0.15) is 0 Å². The minimum absolute atomic E-state index is 0. The second-order valence-electron chi connectivity index (χ2n) is 0.969. The van der Waals surface area contributed by atoms with E-state index in [4.69, 9.17) is 38.4 Å². The molecule has 0 aliphatic carbocycles. The van der Waals surface area contributed by atoms with Crippen molar-refractivity contribution in [3.63, 3.8) is 0 Å². The predicted molar refractivity (Wildman–Crippen MR) is 27.1 cm³/mol. The summed E-state index contributed by atoms with van der Waals surface area (Å²) in [6.07, 6.45) is 0. The van der Waals surface area contributed by atoms with E-state index in [1.54, 1.807) is 0 Å². The van der Waals surface area contributed by atoms with Gasteiger partial charge in [0.05, 0.1) is 7.82 Å². The van der Waals surface area contributed by atoms with E-state index in [1.807, 2.05) is 0 Å². The Balaban J connectivity index is -0.0000000267. The number of hydrogen-bond acceptors (Lipinski definition) is 7. The van der Waals surface area contributed by atoms with Gasteiger partial charge in [-0.1, -0.05) is 0 Å². The zero-order valence-corrected chi connectivity index (χ0v) is 16.9. The molecular weight excluding hydrogens is 380 g/mol. The molecule has 0 bridgehead atoms. The quantitative estimate of drug-likeness (QED) is 0.318. The summed E-state index contributed by atoms with van der Waals surface area (Å²) in [4.78, 5) is 58.6. The summed E-state index contributed by atoms with van der Waals surface area (Å²) < 4.78 is 8.66. The zero-order chi connectivity index (χ0) is 9.00. The molecule has 64 valence electrons. The van der Waals surface area contributed by atoms with Crippen LogP contribution in [0.1, 0.15) is 0 Å². The van der Waals surface area contributed by atoms with Crippen LogP contribution in [-0.4, -0.2) is 97.2 Å². The van der Waals surface area contributed by atoms with Crippen LogP contribution in [0.2, 0.25) is 0 Å². The van der Waals surface area contributed by atoms with Crippen LogP contribution >= 0.6 is 7.82 Å². The summed E-state index contributed by atoms with van der Waals surface area (Å²) in [6.45, 7) is 0. The fourth-order valence-electron chi connectivity index (χ4n) is 0. The molecule has 0 aromatic heterocycles. The zero-order valence-electron chi connectivity index (χ0n) is 6.37. The van der Waals surface area contributed by atoms with Gasteiger partial charge in [0, 0.05) is 0 Å². The van der Waals surface area contributed by atoms with Crippen molar-refractivity contribution >= 4 is 100 Å². The van der Waals surface area contributed by atoms with Gasteiger partial charge < -0.3 is 47.5 Å². The van der Waals surface area contributed by atoms with Crippen molar-refractivity contribution < 1.29 is 57.9 Å². The third-order valence-electron chi connectivity index (χ3n) is 0. The maximum atomic E-state index is 8.66. The van der Waals surface area contributed by atoms with Crippen molar-refractivity contribution in [3.8, 4) is 0 Å². The number of phosphoric acid groups is 1. The molecule has 13 heavy (non-hydrogen) atoms. The van der Waals surface area contributed by atoms with E-state index in [2.05, 4.69) is 0 Å². The van der Waals surface area contributed by atoms with Gasteiger partial charge in [-0.3, -0.25) is 0 Å². The molecule has 0 saturated carbocycles. The maximum Gasteiger partial charge on any atom is 2.00 e. The Morgan fingerprint density at radius 2 is 1.08 bits per heavy atom. The summed E-state index contributed by atoms with van der Waals surface area (Å²) in [5.74, 6) is 0. The Bertz CT molecular complexity index is 116. The monoisotopic (exact) mass is 380 g/mol. The summed E-state index contributed by atoms with van der Waals surface area (Å²) in [7, 11) is -10.8. The molecule has 0 aliphatic rings. The molecule has 0 spiro atoms. The molecule has 0 atom stereocenters. The normalized spacial score (nSPS) is 9.15. The van der Waals surface area contributed by atoms with Crippen molar-refractivity contribution in [1.82, 2.24) is 0 Å². The summed E-state index contributed by atoms with van der Waals surface area (Å²) in [5.41, 5.74) is 0. The smallest absolute Gasteiger partial charge is 0.894 e. The van der Waals surface area contributed by atoms with Crippen molar-refractivity contribution in [2.75, 3.05) is 0 Å². The Hall–Kier alpha value is 3.53. The van der Waals surface area contributed by atoms with Crippen LogP contribution in [0.15, 0.2) is 0 Å². The average molecular weight is 381 g/mol. The van der Waals surface area contributed by atoms with E-state index >= 15 is 0 Å². The van der Waals surface area contributed by atoms with E-state index in [-0.39, 0.29) is 103 Å². The molecule has 0 aromatic carbocycles. The van der Waals surface area contributed by atoms with Gasteiger partial charge in [-0.15, -0.1) is 0 Å². The van der Waals surface area contributed by atoms with Crippen molar-refractivity contribution in [1.29, 1.82) is 0 Å². The second-order valence-corrected chi connectivity index (χ2v) is 2.91. The van der Waals surface area contributed by atoms with E-state index < -0.39 is 16.9 Å².